The summed E-state index contributed by atoms with van der Waals surface area (Å²) >= 11 is 0. The van der Waals surface area contributed by atoms with E-state index in [9.17, 15) is 13.2 Å². The number of nitrogen functional groups attached to an aromatic ring is 1. The highest BCUT2D eigenvalue weighted by atomic mass is 32.2. The number of rotatable bonds is 2. The Morgan fingerprint density at radius 2 is 2.19 bits per heavy atom. The first-order valence-corrected chi connectivity index (χ1v) is 6.54. The fraction of sp³-hybridized carbons (Fsp3) is 0.500. The van der Waals surface area contributed by atoms with Gasteiger partial charge in [-0.25, -0.2) is 8.42 Å². The topological polar surface area (TPSA) is 98.3 Å². The van der Waals surface area contributed by atoms with Crippen LogP contribution in [0.4, 0.5) is 5.82 Å². The second-order valence-corrected chi connectivity index (χ2v) is 5.69. The second-order valence-electron chi connectivity index (χ2n) is 3.71. The molecule has 88 valence electrons. The van der Waals surface area contributed by atoms with Crippen LogP contribution < -0.4 is 5.73 Å². The minimum atomic E-state index is -3.22. The molecule has 0 spiro atoms. The fourth-order valence-corrected chi connectivity index (χ4v) is 2.56. The minimum Gasteiger partial charge on any atom is -0.383 e. The largest absolute Gasteiger partial charge is 0.383 e. The highest BCUT2D eigenvalue weighted by Gasteiger charge is 2.27. The standard InChI is InChI=1S/C8H12N4O3S/c1-16(14,15)11-3-2-6-7(4-11)10-12(5-13)8(6)9/h5H,2-4,9H2,1H3. The molecule has 0 saturated heterocycles. The van der Waals surface area contributed by atoms with Crippen LogP contribution in [0.25, 0.3) is 0 Å². The van der Waals surface area contributed by atoms with E-state index in [1.165, 1.54) is 4.31 Å². The Balaban J connectivity index is 2.39. The van der Waals surface area contributed by atoms with Gasteiger partial charge in [-0.3, -0.25) is 4.79 Å². The number of fused-ring (bicyclic) bond motifs is 1. The number of anilines is 1. The Bertz CT molecular complexity index is 534. The van der Waals surface area contributed by atoms with E-state index in [1.54, 1.807) is 0 Å². The summed E-state index contributed by atoms with van der Waals surface area (Å²) in [6.07, 6.45) is 2.15. The van der Waals surface area contributed by atoms with E-state index in [-0.39, 0.29) is 6.54 Å². The maximum atomic E-state index is 11.3. The zero-order chi connectivity index (χ0) is 11.9. The third-order valence-electron chi connectivity index (χ3n) is 2.64. The van der Waals surface area contributed by atoms with Crippen LogP contribution >= 0.6 is 0 Å². The average molecular weight is 244 g/mol. The number of nitrogens with two attached hydrogens (primary N) is 1. The lowest BCUT2D eigenvalue weighted by Gasteiger charge is -2.23. The first kappa shape index (κ1) is 11.1. The van der Waals surface area contributed by atoms with Crippen LogP contribution in [0.3, 0.4) is 0 Å². The molecule has 0 saturated carbocycles. The average Bonchev–Trinajstić information content (AvgIpc) is 2.54. The van der Waals surface area contributed by atoms with Gasteiger partial charge in [0, 0.05) is 12.1 Å². The third-order valence-corrected chi connectivity index (χ3v) is 3.89. The van der Waals surface area contributed by atoms with Crippen LogP contribution in [-0.2, 0) is 27.8 Å². The number of hydrogen-bond acceptors (Lipinski definition) is 5. The van der Waals surface area contributed by atoms with Gasteiger partial charge in [-0.2, -0.15) is 14.1 Å². The Labute approximate surface area is 92.9 Å². The molecule has 16 heavy (non-hydrogen) atoms. The molecule has 2 N–H and O–H groups in total. The lowest BCUT2D eigenvalue weighted by molar-refractivity contribution is 0.390. The predicted octanol–water partition coefficient (Wildman–Crippen LogP) is -1.18. The first-order valence-electron chi connectivity index (χ1n) is 4.69. The van der Waals surface area contributed by atoms with Gasteiger partial charge in [-0.15, -0.1) is 0 Å². The lowest BCUT2D eigenvalue weighted by atomic mass is 10.1. The molecule has 0 amide bonds. The molecule has 2 rings (SSSR count). The maximum absolute atomic E-state index is 11.3. The van der Waals surface area contributed by atoms with Crippen LogP contribution in [0.5, 0.6) is 0 Å². The van der Waals surface area contributed by atoms with E-state index in [2.05, 4.69) is 5.10 Å². The molecule has 0 unspecified atom stereocenters. The van der Waals surface area contributed by atoms with Crippen molar-refractivity contribution in [2.45, 2.75) is 13.0 Å². The van der Waals surface area contributed by atoms with Crippen LogP contribution in [-0.4, -0.2) is 41.7 Å². The normalized spacial score (nSPS) is 17.1. The van der Waals surface area contributed by atoms with Gasteiger partial charge in [-0.1, -0.05) is 0 Å². The summed E-state index contributed by atoms with van der Waals surface area (Å²) in [6, 6.07) is 0. The van der Waals surface area contributed by atoms with E-state index in [4.69, 9.17) is 5.73 Å². The molecule has 8 heteroatoms. The number of carbonyl (C=O) groups is 1. The van der Waals surface area contributed by atoms with Crippen molar-refractivity contribution in [3.63, 3.8) is 0 Å². The SMILES string of the molecule is CS(=O)(=O)N1CCc2c(nn(C=O)c2N)C1. The van der Waals surface area contributed by atoms with Crippen LogP contribution in [0.2, 0.25) is 0 Å². The molecular weight excluding hydrogens is 232 g/mol. The van der Waals surface area contributed by atoms with Gasteiger partial charge in [0.15, 0.2) is 0 Å². The van der Waals surface area contributed by atoms with Crippen molar-refractivity contribution >= 4 is 22.3 Å². The molecule has 0 bridgehead atoms. The minimum absolute atomic E-state index is 0.180. The molecule has 7 nitrogen and oxygen atoms in total. The number of sulfonamides is 1. The van der Waals surface area contributed by atoms with Crippen molar-refractivity contribution in [1.29, 1.82) is 0 Å². The smallest absolute Gasteiger partial charge is 0.235 e. The molecular formula is C8H12N4O3S. The molecule has 1 aromatic heterocycles. The van der Waals surface area contributed by atoms with Gasteiger partial charge in [0.2, 0.25) is 16.4 Å². The fourth-order valence-electron chi connectivity index (χ4n) is 1.78. The van der Waals surface area contributed by atoms with Gasteiger partial charge in [0.1, 0.15) is 5.82 Å². The summed E-state index contributed by atoms with van der Waals surface area (Å²) in [5.41, 5.74) is 7.02. The van der Waals surface area contributed by atoms with Crippen molar-refractivity contribution in [3.8, 4) is 0 Å². The summed E-state index contributed by atoms with van der Waals surface area (Å²) in [5, 5.41) is 3.95. The van der Waals surface area contributed by atoms with Gasteiger partial charge in [0.05, 0.1) is 18.5 Å². The van der Waals surface area contributed by atoms with E-state index in [1.807, 2.05) is 0 Å². The molecule has 0 aliphatic carbocycles. The van der Waals surface area contributed by atoms with Gasteiger partial charge >= 0.3 is 0 Å². The lowest BCUT2D eigenvalue weighted by Crippen LogP contribution is -2.35. The zero-order valence-electron chi connectivity index (χ0n) is 8.75. The van der Waals surface area contributed by atoms with Gasteiger partial charge in [0.25, 0.3) is 0 Å². The summed E-state index contributed by atoms with van der Waals surface area (Å²) in [6.45, 7) is 0.555. The predicted molar refractivity (Wildman–Crippen MR) is 57.7 cm³/mol. The van der Waals surface area contributed by atoms with E-state index >= 15 is 0 Å². The summed E-state index contributed by atoms with van der Waals surface area (Å²) in [7, 11) is -3.22. The third kappa shape index (κ3) is 1.69. The zero-order valence-corrected chi connectivity index (χ0v) is 9.57. The highest BCUT2D eigenvalue weighted by Crippen LogP contribution is 2.24. The highest BCUT2D eigenvalue weighted by molar-refractivity contribution is 7.88. The van der Waals surface area contributed by atoms with Gasteiger partial charge < -0.3 is 5.73 Å². The molecule has 1 aliphatic rings. The molecule has 2 heterocycles. The maximum Gasteiger partial charge on any atom is 0.235 e. The molecule has 1 aliphatic heterocycles. The summed E-state index contributed by atoms with van der Waals surface area (Å²) in [4.78, 5) is 10.6. The van der Waals surface area contributed by atoms with Gasteiger partial charge in [-0.05, 0) is 6.42 Å². The van der Waals surface area contributed by atoms with Crippen molar-refractivity contribution < 1.29 is 13.2 Å². The first-order chi connectivity index (χ1) is 7.43. The van der Waals surface area contributed by atoms with Crippen molar-refractivity contribution in [2.75, 3.05) is 18.5 Å². The van der Waals surface area contributed by atoms with Crippen molar-refractivity contribution in [2.24, 2.45) is 0 Å². The molecule has 1 aromatic rings. The number of nitrogens with zero attached hydrogens (tertiary/aromatic N) is 3. The van der Waals surface area contributed by atoms with Crippen LogP contribution in [0, 0.1) is 0 Å². The summed E-state index contributed by atoms with van der Waals surface area (Å²) < 4.78 is 25.1. The quantitative estimate of drug-likeness (QED) is 0.660. The number of aromatic nitrogens is 2. The van der Waals surface area contributed by atoms with E-state index in [0.29, 0.717) is 30.9 Å². The molecule has 0 fully saturated rings. The Hall–Kier alpha value is -1.41. The van der Waals surface area contributed by atoms with E-state index < -0.39 is 10.0 Å². The van der Waals surface area contributed by atoms with Crippen LogP contribution in [0.15, 0.2) is 0 Å². The number of carbonyl (C=O) groups excluding carboxylic acids is 1. The van der Waals surface area contributed by atoms with Crippen molar-refractivity contribution in [1.82, 2.24) is 14.1 Å². The monoisotopic (exact) mass is 244 g/mol. The van der Waals surface area contributed by atoms with E-state index in [0.717, 1.165) is 16.5 Å². The molecule has 0 aromatic carbocycles. The number of hydrogen-bond donors (Lipinski definition) is 1. The second kappa shape index (κ2) is 3.56. The molecule has 0 radical (unpaired) electrons. The van der Waals surface area contributed by atoms with Crippen molar-refractivity contribution in [3.05, 3.63) is 11.3 Å². The van der Waals surface area contributed by atoms with Crippen LogP contribution in [0.1, 0.15) is 11.3 Å². The Morgan fingerprint density at radius 1 is 1.50 bits per heavy atom. The Kier molecular flexibility index (Phi) is 2.47. The molecule has 0 atom stereocenters. The Morgan fingerprint density at radius 3 is 2.75 bits per heavy atom. The summed E-state index contributed by atoms with van der Waals surface area (Å²) in [5.74, 6) is 0.304.